The Hall–Kier alpha value is -0.850. The number of nitrogens with one attached hydrogen (secondary N) is 2. The summed E-state index contributed by atoms with van der Waals surface area (Å²) in [5.41, 5.74) is -0.110. The molecule has 1 rings (SSSR count). The van der Waals surface area contributed by atoms with Crippen LogP contribution in [0.1, 0.15) is 26.2 Å². The molecule has 0 unspecified atom stereocenters. The van der Waals surface area contributed by atoms with Crippen LogP contribution in [-0.4, -0.2) is 27.3 Å². The van der Waals surface area contributed by atoms with Crippen LogP contribution in [0, 0.1) is 5.82 Å². The Morgan fingerprint density at radius 2 is 2.00 bits per heavy atom. The molecule has 0 aliphatic heterocycles. The number of halogens is 2. The largest absolute Gasteiger partial charge is 0.317 e. The highest BCUT2D eigenvalue weighted by Gasteiger charge is 2.14. The zero-order valence-electron chi connectivity index (χ0n) is 11.5. The van der Waals surface area contributed by atoms with Gasteiger partial charge in [0.15, 0.2) is 5.82 Å². The molecule has 0 saturated heterocycles. The van der Waals surface area contributed by atoms with Crippen molar-refractivity contribution in [3.63, 3.8) is 0 Å². The van der Waals surface area contributed by atoms with Crippen molar-refractivity contribution < 1.29 is 12.8 Å². The van der Waals surface area contributed by atoms with E-state index < -0.39 is 15.8 Å². The molecule has 0 heterocycles. The van der Waals surface area contributed by atoms with E-state index in [1.165, 1.54) is 18.2 Å². The Morgan fingerprint density at radius 3 is 2.70 bits per heavy atom. The molecular formula is C13H20ClFN2O2S. The first-order valence-electron chi connectivity index (χ1n) is 6.61. The molecule has 0 atom stereocenters. The quantitative estimate of drug-likeness (QED) is 0.687. The van der Waals surface area contributed by atoms with E-state index in [1.807, 2.05) is 0 Å². The topological polar surface area (TPSA) is 58.2 Å². The minimum Gasteiger partial charge on any atom is -0.317 e. The second-order valence-electron chi connectivity index (χ2n) is 4.48. The van der Waals surface area contributed by atoms with Gasteiger partial charge in [-0.15, -0.1) is 0 Å². The van der Waals surface area contributed by atoms with Crippen LogP contribution in [0.3, 0.4) is 0 Å². The fourth-order valence-electron chi connectivity index (χ4n) is 1.65. The number of hydrogen-bond acceptors (Lipinski definition) is 3. The van der Waals surface area contributed by atoms with Crippen molar-refractivity contribution in [1.29, 1.82) is 0 Å². The average molecular weight is 323 g/mol. The second kappa shape index (κ2) is 8.44. The van der Waals surface area contributed by atoms with Gasteiger partial charge in [-0.3, -0.25) is 4.72 Å². The van der Waals surface area contributed by atoms with Crippen LogP contribution in [0.2, 0.25) is 5.02 Å². The van der Waals surface area contributed by atoms with Crippen molar-refractivity contribution in [3.8, 4) is 0 Å². The number of unbranched alkanes of at least 4 members (excludes halogenated alkanes) is 1. The van der Waals surface area contributed by atoms with E-state index in [9.17, 15) is 12.8 Å². The Labute approximate surface area is 124 Å². The summed E-state index contributed by atoms with van der Waals surface area (Å²) in [5.74, 6) is -0.783. The number of benzene rings is 1. The minimum absolute atomic E-state index is 0.0350. The van der Waals surface area contributed by atoms with Crippen molar-refractivity contribution in [2.24, 2.45) is 0 Å². The van der Waals surface area contributed by atoms with Crippen LogP contribution < -0.4 is 10.0 Å². The molecular weight excluding hydrogens is 303 g/mol. The SMILES string of the molecule is CCCNCCCCS(=O)(=O)Nc1cccc(Cl)c1F. The molecule has 0 fully saturated rings. The zero-order valence-corrected chi connectivity index (χ0v) is 13.0. The van der Waals surface area contributed by atoms with Gasteiger partial charge in [-0.2, -0.15) is 0 Å². The zero-order chi connectivity index (χ0) is 15.0. The summed E-state index contributed by atoms with van der Waals surface area (Å²) in [6.07, 6.45) is 2.33. The van der Waals surface area contributed by atoms with Gasteiger partial charge in [-0.25, -0.2) is 12.8 Å². The van der Waals surface area contributed by atoms with Crippen LogP contribution in [0.25, 0.3) is 0 Å². The predicted molar refractivity (Wildman–Crippen MR) is 81.2 cm³/mol. The molecule has 0 bridgehead atoms. The summed E-state index contributed by atoms with van der Waals surface area (Å²) in [6, 6.07) is 4.22. The maximum Gasteiger partial charge on any atom is 0.232 e. The molecule has 0 aromatic heterocycles. The lowest BCUT2D eigenvalue weighted by Gasteiger charge is -2.09. The summed E-state index contributed by atoms with van der Waals surface area (Å²) in [7, 11) is -3.54. The van der Waals surface area contributed by atoms with Gasteiger partial charge in [0, 0.05) is 0 Å². The Balaban J connectivity index is 2.43. The van der Waals surface area contributed by atoms with Crippen molar-refractivity contribution in [3.05, 3.63) is 29.0 Å². The first-order valence-corrected chi connectivity index (χ1v) is 8.64. The molecule has 0 spiro atoms. The maximum absolute atomic E-state index is 13.6. The highest BCUT2D eigenvalue weighted by Crippen LogP contribution is 2.22. The Bertz CT molecular complexity index is 523. The summed E-state index contributed by atoms with van der Waals surface area (Å²) < 4.78 is 39.4. The van der Waals surface area contributed by atoms with E-state index in [0.717, 1.165) is 25.9 Å². The van der Waals surface area contributed by atoms with Crippen LogP contribution in [0.4, 0.5) is 10.1 Å². The first kappa shape index (κ1) is 17.2. The summed E-state index contributed by atoms with van der Waals surface area (Å²) in [5, 5.41) is 3.09. The standard InChI is InChI=1S/C13H20ClFN2O2S/c1-2-8-16-9-3-4-10-20(18,19)17-12-7-5-6-11(14)13(12)15/h5-7,16-17H,2-4,8-10H2,1H3. The van der Waals surface area contributed by atoms with Gasteiger partial charge >= 0.3 is 0 Å². The molecule has 7 heteroatoms. The van der Waals surface area contributed by atoms with Crippen molar-refractivity contribution in [2.75, 3.05) is 23.6 Å². The van der Waals surface area contributed by atoms with Gasteiger partial charge in [0.1, 0.15) is 0 Å². The normalized spacial score (nSPS) is 11.6. The number of rotatable bonds is 9. The maximum atomic E-state index is 13.6. The van der Waals surface area contributed by atoms with Crippen LogP contribution in [0.5, 0.6) is 0 Å². The minimum atomic E-state index is -3.54. The van der Waals surface area contributed by atoms with E-state index in [4.69, 9.17) is 11.6 Å². The number of sulfonamides is 1. The monoisotopic (exact) mass is 322 g/mol. The van der Waals surface area contributed by atoms with Gasteiger partial charge in [0.2, 0.25) is 10.0 Å². The van der Waals surface area contributed by atoms with Gasteiger partial charge in [0.05, 0.1) is 16.5 Å². The molecule has 2 N–H and O–H groups in total. The molecule has 1 aromatic carbocycles. The fourth-order valence-corrected chi connectivity index (χ4v) is 3.00. The molecule has 0 radical (unpaired) electrons. The third-order valence-corrected chi connectivity index (χ3v) is 4.31. The van der Waals surface area contributed by atoms with Crippen molar-refractivity contribution in [1.82, 2.24) is 5.32 Å². The molecule has 0 aliphatic carbocycles. The van der Waals surface area contributed by atoms with Crippen molar-refractivity contribution in [2.45, 2.75) is 26.2 Å². The third kappa shape index (κ3) is 6.07. The molecule has 114 valence electrons. The highest BCUT2D eigenvalue weighted by atomic mass is 35.5. The van der Waals surface area contributed by atoms with Gasteiger partial charge in [0.25, 0.3) is 0 Å². The van der Waals surface area contributed by atoms with E-state index in [2.05, 4.69) is 17.0 Å². The Kier molecular flexibility index (Phi) is 7.26. The third-order valence-electron chi connectivity index (χ3n) is 2.66. The number of anilines is 1. The second-order valence-corrected chi connectivity index (χ2v) is 6.73. The molecule has 0 aliphatic rings. The van der Waals surface area contributed by atoms with Gasteiger partial charge in [-0.1, -0.05) is 24.6 Å². The molecule has 20 heavy (non-hydrogen) atoms. The molecule has 0 saturated carbocycles. The smallest absolute Gasteiger partial charge is 0.232 e. The number of hydrogen-bond donors (Lipinski definition) is 2. The average Bonchev–Trinajstić information content (AvgIpc) is 2.39. The fraction of sp³-hybridized carbons (Fsp3) is 0.538. The van der Waals surface area contributed by atoms with Crippen LogP contribution in [0.15, 0.2) is 18.2 Å². The Morgan fingerprint density at radius 1 is 1.25 bits per heavy atom. The lowest BCUT2D eigenvalue weighted by Crippen LogP contribution is -2.20. The van der Waals surface area contributed by atoms with Crippen molar-refractivity contribution >= 4 is 27.3 Å². The first-order chi connectivity index (χ1) is 9.46. The van der Waals surface area contributed by atoms with E-state index in [-0.39, 0.29) is 16.5 Å². The molecule has 1 aromatic rings. The van der Waals surface area contributed by atoms with Gasteiger partial charge < -0.3 is 5.32 Å². The summed E-state index contributed by atoms with van der Waals surface area (Å²) in [6.45, 7) is 3.79. The lowest BCUT2D eigenvalue weighted by molar-refractivity contribution is 0.588. The van der Waals surface area contributed by atoms with E-state index >= 15 is 0 Å². The molecule has 4 nitrogen and oxygen atoms in total. The van der Waals surface area contributed by atoms with Gasteiger partial charge in [-0.05, 0) is 44.5 Å². The van der Waals surface area contributed by atoms with Crippen LogP contribution >= 0.6 is 11.6 Å². The highest BCUT2D eigenvalue weighted by molar-refractivity contribution is 7.92. The van der Waals surface area contributed by atoms with Crippen LogP contribution in [-0.2, 0) is 10.0 Å². The predicted octanol–water partition coefficient (Wildman–Crippen LogP) is 3.00. The lowest BCUT2D eigenvalue weighted by atomic mass is 10.3. The van der Waals surface area contributed by atoms with E-state index in [0.29, 0.717) is 6.42 Å². The summed E-state index contributed by atoms with van der Waals surface area (Å²) in [4.78, 5) is 0. The van der Waals surface area contributed by atoms with E-state index in [1.54, 1.807) is 0 Å². The summed E-state index contributed by atoms with van der Waals surface area (Å²) >= 11 is 5.60. The molecule has 0 amide bonds.